The smallest absolute Gasteiger partial charge is 0.142 e. The Morgan fingerprint density at radius 1 is 1.38 bits per heavy atom. The van der Waals surface area contributed by atoms with Gasteiger partial charge in [0, 0.05) is 12.5 Å². The van der Waals surface area contributed by atoms with E-state index in [1.807, 2.05) is 6.07 Å². The molecule has 4 heteroatoms. The molecule has 2 nitrogen and oxygen atoms in total. The largest absolute Gasteiger partial charge is 0.469 e. The van der Waals surface area contributed by atoms with Crippen LogP contribution in [0.1, 0.15) is 17.4 Å². The van der Waals surface area contributed by atoms with Gasteiger partial charge in [-0.25, -0.2) is 4.39 Å². The van der Waals surface area contributed by atoms with E-state index < -0.39 is 5.82 Å². The Kier molecular flexibility index (Phi) is 3.27. The van der Waals surface area contributed by atoms with Crippen molar-refractivity contribution in [3.63, 3.8) is 0 Å². The minimum Gasteiger partial charge on any atom is -0.469 e. The Bertz CT molecular complexity index is 470. The molecule has 2 N–H and O–H groups in total. The number of hydrogen-bond acceptors (Lipinski definition) is 2. The fourth-order valence-corrected chi connectivity index (χ4v) is 1.62. The van der Waals surface area contributed by atoms with Gasteiger partial charge in [0.2, 0.25) is 0 Å². The Hall–Kier alpha value is -1.32. The van der Waals surface area contributed by atoms with Crippen LogP contribution in [0.25, 0.3) is 0 Å². The summed E-state index contributed by atoms with van der Waals surface area (Å²) >= 11 is 5.59. The molecular formula is C12H11ClFNO. The second-order valence-electron chi connectivity index (χ2n) is 3.56. The minimum absolute atomic E-state index is 0.106. The summed E-state index contributed by atoms with van der Waals surface area (Å²) in [6, 6.07) is 7.93. The lowest BCUT2D eigenvalue weighted by Gasteiger charge is -2.10. The minimum atomic E-state index is -0.450. The molecule has 1 unspecified atom stereocenters. The van der Waals surface area contributed by atoms with Gasteiger partial charge < -0.3 is 10.2 Å². The highest BCUT2D eigenvalue weighted by molar-refractivity contribution is 6.30. The maximum Gasteiger partial charge on any atom is 0.142 e. The van der Waals surface area contributed by atoms with Crippen LogP contribution in [0.4, 0.5) is 4.39 Å². The zero-order valence-electron chi connectivity index (χ0n) is 8.49. The van der Waals surface area contributed by atoms with Crippen LogP contribution in [0.3, 0.4) is 0 Å². The normalized spacial score (nSPS) is 12.7. The van der Waals surface area contributed by atoms with Crippen LogP contribution in [0.15, 0.2) is 41.0 Å². The molecule has 1 aromatic heterocycles. The molecule has 1 aromatic carbocycles. The summed E-state index contributed by atoms with van der Waals surface area (Å²) in [5.41, 5.74) is 6.64. The Morgan fingerprint density at radius 3 is 2.81 bits per heavy atom. The summed E-state index contributed by atoms with van der Waals surface area (Å²) in [7, 11) is 0. The molecule has 2 rings (SSSR count). The number of halogens is 2. The molecule has 0 bridgehead atoms. The average molecular weight is 240 g/mol. The zero-order valence-corrected chi connectivity index (χ0v) is 9.25. The highest BCUT2D eigenvalue weighted by Crippen LogP contribution is 2.21. The van der Waals surface area contributed by atoms with Crippen molar-refractivity contribution in [3.05, 3.63) is 58.8 Å². The number of hydrogen-bond donors (Lipinski definition) is 1. The molecule has 0 saturated heterocycles. The van der Waals surface area contributed by atoms with Gasteiger partial charge in [-0.15, -0.1) is 0 Å². The van der Waals surface area contributed by atoms with E-state index in [0.29, 0.717) is 12.0 Å². The predicted molar refractivity (Wildman–Crippen MR) is 60.8 cm³/mol. The van der Waals surface area contributed by atoms with Gasteiger partial charge in [-0.05, 0) is 29.8 Å². The molecule has 0 saturated carbocycles. The number of furan rings is 1. The molecule has 1 heterocycles. The lowest BCUT2D eigenvalue weighted by molar-refractivity contribution is 0.488. The van der Waals surface area contributed by atoms with E-state index in [-0.39, 0.29) is 11.1 Å². The van der Waals surface area contributed by atoms with Gasteiger partial charge in [0.1, 0.15) is 11.6 Å². The third-order valence-electron chi connectivity index (χ3n) is 2.37. The quantitative estimate of drug-likeness (QED) is 0.893. The molecule has 0 aliphatic heterocycles. The number of rotatable bonds is 3. The molecule has 1 atom stereocenters. The second kappa shape index (κ2) is 4.68. The highest BCUT2D eigenvalue weighted by atomic mass is 35.5. The Labute approximate surface area is 97.8 Å². The van der Waals surface area contributed by atoms with E-state index >= 15 is 0 Å². The van der Waals surface area contributed by atoms with Crippen molar-refractivity contribution >= 4 is 11.6 Å². The Morgan fingerprint density at radius 2 is 2.19 bits per heavy atom. The summed E-state index contributed by atoms with van der Waals surface area (Å²) in [5, 5.41) is 0.106. The summed E-state index contributed by atoms with van der Waals surface area (Å²) in [6.07, 6.45) is 2.12. The first-order valence-corrected chi connectivity index (χ1v) is 5.27. The van der Waals surface area contributed by atoms with E-state index in [9.17, 15) is 4.39 Å². The van der Waals surface area contributed by atoms with Crippen molar-refractivity contribution in [3.8, 4) is 0 Å². The van der Waals surface area contributed by atoms with Crippen molar-refractivity contribution in [2.24, 2.45) is 5.73 Å². The van der Waals surface area contributed by atoms with Crippen molar-refractivity contribution in [1.29, 1.82) is 0 Å². The molecule has 0 fully saturated rings. The fraction of sp³-hybridized carbons (Fsp3) is 0.167. The van der Waals surface area contributed by atoms with Crippen LogP contribution in [-0.2, 0) is 6.42 Å². The van der Waals surface area contributed by atoms with E-state index in [4.69, 9.17) is 21.8 Å². The van der Waals surface area contributed by atoms with E-state index in [1.54, 1.807) is 18.4 Å². The van der Waals surface area contributed by atoms with E-state index in [0.717, 1.165) is 5.76 Å². The average Bonchev–Trinajstić information content (AvgIpc) is 2.74. The summed E-state index contributed by atoms with van der Waals surface area (Å²) in [6.45, 7) is 0. The first kappa shape index (κ1) is 11.2. The number of benzene rings is 1. The summed E-state index contributed by atoms with van der Waals surface area (Å²) in [4.78, 5) is 0. The molecule has 16 heavy (non-hydrogen) atoms. The monoisotopic (exact) mass is 239 g/mol. The van der Waals surface area contributed by atoms with Crippen LogP contribution in [-0.4, -0.2) is 0 Å². The maximum absolute atomic E-state index is 13.2. The molecule has 84 valence electrons. The van der Waals surface area contributed by atoms with Crippen LogP contribution in [0.2, 0.25) is 5.02 Å². The summed E-state index contributed by atoms with van der Waals surface area (Å²) < 4.78 is 18.4. The van der Waals surface area contributed by atoms with E-state index in [1.165, 1.54) is 12.1 Å². The van der Waals surface area contributed by atoms with Gasteiger partial charge >= 0.3 is 0 Å². The molecule has 0 radical (unpaired) electrons. The molecule has 0 amide bonds. The molecule has 0 aliphatic carbocycles. The van der Waals surface area contributed by atoms with Crippen LogP contribution in [0, 0.1) is 5.82 Å². The maximum atomic E-state index is 13.2. The molecular weight excluding hydrogens is 229 g/mol. The lowest BCUT2D eigenvalue weighted by Crippen LogP contribution is -2.13. The van der Waals surface area contributed by atoms with Crippen LogP contribution >= 0.6 is 11.6 Å². The van der Waals surface area contributed by atoms with Gasteiger partial charge in [0.05, 0.1) is 11.3 Å². The van der Waals surface area contributed by atoms with Crippen LogP contribution in [0.5, 0.6) is 0 Å². The topological polar surface area (TPSA) is 39.2 Å². The van der Waals surface area contributed by atoms with E-state index in [2.05, 4.69) is 0 Å². The Balaban J connectivity index is 2.14. The van der Waals surface area contributed by atoms with Crippen molar-refractivity contribution in [1.82, 2.24) is 0 Å². The fourth-order valence-electron chi connectivity index (χ4n) is 1.51. The van der Waals surface area contributed by atoms with Gasteiger partial charge in [0.15, 0.2) is 0 Å². The van der Waals surface area contributed by atoms with Crippen LogP contribution < -0.4 is 5.73 Å². The first-order valence-electron chi connectivity index (χ1n) is 4.89. The van der Waals surface area contributed by atoms with Gasteiger partial charge in [-0.2, -0.15) is 0 Å². The zero-order chi connectivity index (χ0) is 11.5. The third-order valence-corrected chi connectivity index (χ3v) is 2.68. The van der Waals surface area contributed by atoms with Crippen molar-refractivity contribution < 1.29 is 8.81 Å². The van der Waals surface area contributed by atoms with Gasteiger partial charge in [-0.1, -0.05) is 17.7 Å². The lowest BCUT2D eigenvalue weighted by atomic mass is 10.0. The van der Waals surface area contributed by atoms with Gasteiger partial charge in [0.25, 0.3) is 0 Å². The summed E-state index contributed by atoms with van der Waals surface area (Å²) in [5.74, 6) is 0.330. The number of nitrogens with two attached hydrogens (primary N) is 1. The molecule has 0 spiro atoms. The SMILES string of the molecule is NC(Cc1ccco1)c1ccc(Cl)c(F)c1. The first-order chi connectivity index (χ1) is 7.66. The van der Waals surface area contributed by atoms with Gasteiger partial charge in [-0.3, -0.25) is 0 Å². The third kappa shape index (κ3) is 2.43. The second-order valence-corrected chi connectivity index (χ2v) is 3.97. The predicted octanol–water partition coefficient (Wildman–Crippen LogP) is 3.31. The standard InChI is InChI=1S/C12H11ClFNO/c13-10-4-3-8(6-11(10)14)12(15)7-9-2-1-5-16-9/h1-6,12H,7,15H2. The molecule has 0 aliphatic rings. The highest BCUT2D eigenvalue weighted by Gasteiger charge is 2.10. The van der Waals surface area contributed by atoms with Crippen molar-refractivity contribution in [2.45, 2.75) is 12.5 Å². The molecule has 2 aromatic rings. The van der Waals surface area contributed by atoms with Crippen molar-refractivity contribution in [2.75, 3.05) is 0 Å².